The van der Waals surface area contributed by atoms with Gasteiger partial charge in [-0.1, -0.05) is 24.3 Å². The summed E-state index contributed by atoms with van der Waals surface area (Å²) in [6.45, 7) is 0.576. The molecule has 1 atom stereocenters. The van der Waals surface area contributed by atoms with Crippen molar-refractivity contribution < 1.29 is 14.7 Å². The summed E-state index contributed by atoms with van der Waals surface area (Å²) >= 11 is 0. The highest BCUT2D eigenvalue weighted by Gasteiger charge is 2.31. The van der Waals surface area contributed by atoms with E-state index in [1.807, 2.05) is 24.3 Å². The number of nitrogens with zero attached hydrogens (tertiary/aromatic N) is 3. The number of carboxylic acids is 1. The van der Waals surface area contributed by atoms with Gasteiger partial charge >= 0.3 is 5.97 Å². The second-order valence-corrected chi connectivity index (χ2v) is 5.28. The number of amides is 1. The van der Waals surface area contributed by atoms with Gasteiger partial charge in [0, 0.05) is 25.4 Å². The number of carbonyl (C=O) groups excluding carboxylic acids is 1. The minimum Gasteiger partial charge on any atom is -0.481 e. The molecule has 1 amide bonds. The molecule has 1 unspecified atom stereocenters. The molecule has 116 valence electrons. The molecule has 0 spiro atoms. The average molecular weight is 309 g/mol. The molecule has 0 saturated carbocycles. The van der Waals surface area contributed by atoms with Crippen molar-refractivity contribution in [2.75, 3.05) is 6.54 Å². The summed E-state index contributed by atoms with van der Waals surface area (Å²) in [5.41, 5.74) is 2.28. The summed E-state index contributed by atoms with van der Waals surface area (Å²) in [6, 6.07) is 9.03. The lowest BCUT2D eigenvalue weighted by Gasteiger charge is -2.32. The Kier molecular flexibility index (Phi) is 4.14. The fourth-order valence-electron chi connectivity index (χ4n) is 2.65. The predicted molar refractivity (Wildman–Crippen MR) is 83.3 cm³/mol. The molecule has 1 aromatic heterocycles. The van der Waals surface area contributed by atoms with E-state index < -0.39 is 11.9 Å². The van der Waals surface area contributed by atoms with Crippen LogP contribution >= 0.6 is 0 Å². The summed E-state index contributed by atoms with van der Waals surface area (Å²) in [7, 11) is 0. The number of aromatic nitrogens is 2. The third-order valence-corrected chi connectivity index (χ3v) is 3.81. The average Bonchev–Trinajstić information content (AvgIpc) is 2.59. The van der Waals surface area contributed by atoms with E-state index in [0.717, 1.165) is 11.1 Å². The Hall–Kier alpha value is -3.02. The van der Waals surface area contributed by atoms with Gasteiger partial charge in [0.1, 0.15) is 6.33 Å². The number of carboxylic acid groups (broad SMARTS) is 1. The van der Waals surface area contributed by atoms with Crippen LogP contribution in [0.1, 0.15) is 22.7 Å². The molecule has 1 N–H and O–H groups in total. The molecule has 0 fully saturated rings. The Morgan fingerprint density at radius 3 is 2.83 bits per heavy atom. The molecule has 1 aliphatic heterocycles. The monoisotopic (exact) mass is 309 g/mol. The lowest BCUT2D eigenvalue weighted by atomic mass is 9.90. The van der Waals surface area contributed by atoms with Crippen LogP contribution in [0.4, 0.5) is 0 Å². The number of hydrogen-bond acceptors (Lipinski definition) is 4. The minimum atomic E-state index is -0.922. The van der Waals surface area contributed by atoms with Crippen LogP contribution in [-0.4, -0.2) is 38.4 Å². The quantitative estimate of drug-likeness (QED) is 0.873. The first kappa shape index (κ1) is 14.9. The number of fused-ring (bicyclic) bond motifs is 1. The molecule has 0 radical (unpaired) electrons. The molecule has 0 bridgehead atoms. The van der Waals surface area contributed by atoms with Crippen LogP contribution in [-0.2, 0) is 16.1 Å². The van der Waals surface area contributed by atoms with Gasteiger partial charge in [-0.2, -0.15) is 0 Å². The third kappa shape index (κ3) is 3.26. The lowest BCUT2D eigenvalue weighted by molar-refractivity contribution is -0.140. The molecule has 0 saturated heterocycles. The SMILES string of the molecule is O=C(O)C1CN(C(=O)/C=C/c2ccncn2)Cc2ccccc21. The van der Waals surface area contributed by atoms with E-state index in [-0.39, 0.29) is 12.5 Å². The molecular weight excluding hydrogens is 294 g/mol. The fourth-order valence-corrected chi connectivity index (χ4v) is 2.65. The van der Waals surface area contributed by atoms with Crippen molar-refractivity contribution in [2.24, 2.45) is 0 Å². The molecule has 6 nitrogen and oxygen atoms in total. The van der Waals surface area contributed by atoms with Crippen molar-refractivity contribution in [1.29, 1.82) is 0 Å². The molecule has 3 rings (SSSR count). The Labute approximate surface area is 133 Å². The highest BCUT2D eigenvalue weighted by atomic mass is 16.4. The van der Waals surface area contributed by atoms with Crippen molar-refractivity contribution in [3.8, 4) is 0 Å². The van der Waals surface area contributed by atoms with E-state index in [9.17, 15) is 14.7 Å². The Morgan fingerprint density at radius 1 is 1.26 bits per heavy atom. The van der Waals surface area contributed by atoms with Gasteiger partial charge in [0.15, 0.2) is 0 Å². The zero-order valence-corrected chi connectivity index (χ0v) is 12.3. The minimum absolute atomic E-state index is 0.166. The van der Waals surface area contributed by atoms with Gasteiger partial charge in [0.2, 0.25) is 5.91 Å². The summed E-state index contributed by atoms with van der Waals surface area (Å²) in [4.78, 5) is 33.2. The summed E-state index contributed by atoms with van der Waals surface area (Å²) < 4.78 is 0. The van der Waals surface area contributed by atoms with Crippen LogP contribution in [0.25, 0.3) is 6.08 Å². The largest absolute Gasteiger partial charge is 0.481 e. The summed E-state index contributed by atoms with van der Waals surface area (Å²) in [5.74, 6) is -1.85. The van der Waals surface area contributed by atoms with Gasteiger partial charge in [-0.05, 0) is 23.3 Å². The summed E-state index contributed by atoms with van der Waals surface area (Å²) in [6.07, 6.45) is 6.01. The maximum atomic E-state index is 12.4. The van der Waals surface area contributed by atoms with Gasteiger partial charge in [-0.3, -0.25) is 9.59 Å². The Morgan fingerprint density at radius 2 is 2.09 bits per heavy atom. The second-order valence-electron chi connectivity index (χ2n) is 5.28. The Bertz CT molecular complexity index is 759. The molecule has 2 aromatic rings. The first-order valence-electron chi connectivity index (χ1n) is 7.19. The lowest BCUT2D eigenvalue weighted by Crippen LogP contribution is -2.39. The number of rotatable bonds is 3. The molecule has 2 heterocycles. The van der Waals surface area contributed by atoms with E-state index in [2.05, 4.69) is 9.97 Å². The number of carbonyl (C=O) groups is 2. The van der Waals surface area contributed by atoms with Crippen LogP contribution in [0.3, 0.4) is 0 Å². The van der Waals surface area contributed by atoms with Crippen molar-refractivity contribution in [1.82, 2.24) is 14.9 Å². The van der Waals surface area contributed by atoms with Crippen LogP contribution in [0.2, 0.25) is 0 Å². The van der Waals surface area contributed by atoms with Crippen molar-refractivity contribution in [3.63, 3.8) is 0 Å². The first-order chi connectivity index (χ1) is 11.1. The topological polar surface area (TPSA) is 83.4 Å². The number of benzene rings is 1. The fraction of sp³-hybridized carbons (Fsp3) is 0.176. The zero-order valence-electron chi connectivity index (χ0n) is 12.3. The van der Waals surface area contributed by atoms with Crippen molar-refractivity contribution in [3.05, 3.63) is 65.8 Å². The number of aliphatic carboxylic acids is 1. The van der Waals surface area contributed by atoms with Crippen LogP contribution in [0, 0.1) is 0 Å². The van der Waals surface area contributed by atoms with E-state index in [0.29, 0.717) is 12.2 Å². The van der Waals surface area contributed by atoms with Crippen molar-refractivity contribution in [2.45, 2.75) is 12.5 Å². The molecule has 1 aliphatic rings. The van der Waals surface area contributed by atoms with Gasteiger partial charge in [0.25, 0.3) is 0 Å². The van der Waals surface area contributed by atoms with Gasteiger partial charge in [0.05, 0.1) is 11.6 Å². The van der Waals surface area contributed by atoms with Gasteiger partial charge < -0.3 is 10.0 Å². The van der Waals surface area contributed by atoms with E-state index in [1.165, 1.54) is 12.4 Å². The molecular formula is C17H15N3O3. The maximum Gasteiger partial charge on any atom is 0.312 e. The van der Waals surface area contributed by atoms with Gasteiger partial charge in [-0.15, -0.1) is 0 Å². The molecule has 6 heteroatoms. The normalized spacial score (nSPS) is 17.0. The van der Waals surface area contributed by atoms with E-state index in [1.54, 1.807) is 23.2 Å². The Balaban J connectivity index is 1.80. The second kappa shape index (κ2) is 6.39. The van der Waals surface area contributed by atoms with E-state index >= 15 is 0 Å². The standard InChI is InChI=1S/C17H15N3O3/c21-16(6-5-13-7-8-18-11-19-13)20-9-12-3-1-2-4-14(12)15(10-20)17(22)23/h1-8,11,15H,9-10H2,(H,22,23)/b6-5+. The first-order valence-corrected chi connectivity index (χ1v) is 7.19. The van der Waals surface area contributed by atoms with Crippen LogP contribution < -0.4 is 0 Å². The zero-order chi connectivity index (χ0) is 16.2. The van der Waals surface area contributed by atoms with Crippen molar-refractivity contribution >= 4 is 18.0 Å². The third-order valence-electron chi connectivity index (χ3n) is 3.81. The molecule has 0 aliphatic carbocycles. The summed E-state index contributed by atoms with van der Waals surface area (Å²) in [5, 5.41) is 9.42. The van der Waals surface area contributed by atoms with E-state index in [4.69, 9.17) is 0 Å². The van der Waals surface area contributed by atoms with Crippen LogP contribution in [0.15, 0.2) is 48.9 Å². The number of hydrogen-bond donors (Lipinski definition) is 1. The highest BCUT2D eigenvalue weighted by molar-refractivity contribution is 5.92. The molecule has 1 aromatic carbocycles. The molecule has 23 heavy (non-hydrogen) atoms. The van der Waals surface area contributed by atoms with Crippen LogP contribution in [0.5, 0.6) is 0 Å². The predicted octanol–water partition coefficient (Wildman–Crippen LogP) is 1.70. The smallest absolute Gasteiger partial charge is 0.312 e. The van der Waals surface area contributed by atoms with Gasteiger partial charge in [-0.25, -0.2) is 9.97 Å². The highest BCUT2D eigenvalue weighted by Crippen LogP contribution is 2.28. The maximum absolute atomic E-state index is 12.4.